The van der Waals surface area contributed by atoms with Crippen LogP contribution in [0.3, 0.4) is 0 Å². The molecule has 0 spiro atoms. The van der Waals surface area contributed by atoms with Crippen LogP contribution in [0.1, 0.15) is 6.42 Å². The minimum absolute atomic E-state index is 0.0947. The number of fused-ring (bicyclic) bond motifs is 1. The zero-order valence-corrected chi connectivity index (χ0v) is 16.0. The second kappa shape index (κ2) is 7.42. The first-order valence-corrected chi connectivity index (χ1v) is 8.51. The van der Waals surface area contributed by atoms with Crippen LogP contribution in [0, 0.1) is 0 Å². The molecule has 0 fully saturated rings. The molecular weight excluding hydrogens is 320 g/mol. The van der Waals surface area contributed by atoms with Gasteiger partial charge in [-0.1, -0.05) is 18.2 Å². The van der Waals surface area contributed by atoms with Gasteiger partial charge in [-0.15, -0.1) is 0 Å². The number of aromatic nitrogens is 1. The van der Waals surface area contributed by atoms with Gasteiger partial charge in [0.25, 0.3) is 5.11 Å². The van der Waals surface area contributed by atoms with Crippen molar-refractivity contribution in [3.63, 3.8) is 0 Å². The van der Waals surface area contributed by atoms with Crippen LogP contribution >= 0.6 is 12.2 Å². The summed E-state index contributed by atoms with van der Waals surface area (Å²) in [5, 5.41) is 1.74. The van der Waals surface area contributed by atoms with Gasteiger partial charge in [-0.05, 0) is 33.1 Å². The predicted molar refractivity (Wildman–Crippen MR) is 107 cm³/mol. The Labute approximate surface area is 149 Å². The molecule has 1 N–H and O–H groups in total. The van der Waals surface area contributed by atoms with Crippen molar-refractivity contribution in [1.29, 1.82) is 0 Å². The highest BCUT2D eigenvalue weighted by Crippen LogP contribution is 2.21. The van der Waals surface area contributed by atoms with Crippen molar-refractivity contribution in [3.05, 3.63) is 40.7 Å². The molecule has 24 heavy (non-hydrogen) atoms. The molecule has 0 unspecified atom stereocenters. The molecular formula is C18H27N4OS+. The summed E-state index contributed by atoms with van der Waals surface area (Å²) in [6.07, 6.45) is 1.03. The smallest absolute Gasteiger partial charge is 0.310 e. The topological polar surface area (TPSA) is 39.3 Å². The molecule has 130 valence electrons. The largest absolute Gasteiger partial charge is 0.321 e. The van der Waals surface area contributed by atoms with Crippen molar-refractivity contribution in [2.75, 3.05) is 48.3 Å². The third-order valence-corrected chi connectivity index (χ3v) is 5.01. The molecule has 0 aliphatic carbocycles. The highest BCUT2D eigenvalue weighted by Gasteiger charge is 2.31. The SMILES string of the molecule is CN(C)CCCN(C)C(=S)[N+](C)(C)c1cc2ccccc2[nH]c1=O. The van der Waals surface area contributed by atoms with Gasteiger partial charge >= 0.3 is 5.56 Å². The minimum Gasteiger partial charge on any atom is -0.321 e. The Kier molecular flexibility index (Phi) is 5.74. The zero-order chi connectivity index (χ0) is 17.9. The van der Waals surface area contributed by atoms with E-state index in [4.69, 9.17) is 12.2 Å². The molecule has 2 rings (SSSR count). The van der Waals surface area contributed by atoms with Gasteiger partial charge in [0, 0.05) is 42.8 Å². The van der Waals surface area contributed by atoms with Crippen molar-refractivity contribution in [1.82, 2.24) is 19.3 Å². The van der Waals surface area contributed by atoms with Crippen molar-refractivity contribution in [2.24, 2.45) is 0 Å². The summed E-state index contributed by atoms with van der Waals surface area (Å²) in [4.78, 5) is 19.7. The van der Waals surface area contributed by atoms with Crippen LogP contribution in [0.2, 0.25) is 0 Å². The van der Waals surface area contributed by atoms with Gasteiger partial charge in [-0.2, -0.15) is 0 Å². The Balaban J connectivity index is 2.27. The predicted octanol–water partition coefficient (Wildman–Crippen LogP) is 2.26. The van der Waals surface area contributed by atoms with Crippen molar-refractivity contribution >= 4 is 33.9 Å². The average molecular weight is 348 g/mol. The normalized spacial score (nSPS) is 11.9. The first-order chi connectivity index (χ1) is 11.2. The average Bonchev–Trinajstić information content (AvgIpc) is 2.52. The molecule has 0 radical (unpaired) electrons. The number of benzene rings is 1. The molecule has 6 heteroatoms. The highest BCUT2D eigenvalue weighted by molar-refractivity contribution is 7.80. The lowest BCUT2D eigenvalue weighted by atomic mass is 10.2. The monoisotopic (exact) mass is 347 g/mol. The van der Waals surface area contributed by atoms with Gasteiger partial charge in [0.2, 0.25) is 5.69 Å². The van der Waals surface area contributed by atoms with Gasteiger partial charge in [-0.3, -0.25) is 4.79 Å². The van der Waals surface area contributed by atoms with Crippen LogP contribution < -0.4 is 10.0 Å². The Morgan fingerprint density at radius 1 is 1.17 bits per heavy atom. The fourth-order valence-electron chi connectivity index (χ4n) is 2.80. The maximum Gasteiger partial charge on any atom is 0.310 e. The number of quaternary nitrogens is 1. The van der Waals surface area contributed by atoms with Crippen LogP contribution in [0.25, 0.3) is 10.9 Å². The molecule has 1 heterocycles. The third kappa shape index (κ3) is 4.01. The van der Waals surface area contributed by atoms with Gasteiger partial charge in [0.05, 0.1) is 14.1 Å². The number of hydrogen-bond donors (Lipinski definition) is 1. The van der Waals surface area contributed by atoms with E-state index in [1.165, 1.54) is 0 Å². The molecule has 2 aromatic rings. The van der Waals surface area contributed by atoms with Gasteiger partial charge < -0.3 is 14.8 Å². The quantitative estimate of drug-likeness (QED) is 0.665. The molecule has 0 amide bonds. The third-order valence-electron chi connectivity index (χ3n) is 4.24. The van der Waals surface area contributed by atoms with Crippen LogP contribution in [-0.4, -0.2) is 68.2 Å². The van der Waals surface area contributed by atoms with E-state index in [-0.39, 0.29) is 10.0 Å². The molecule has 0 aliphatic rings. The highest BCUT2D eigenvalue weighted by atomic mass is 32.1. The molecule has 0 saturated heterocycles. The lowest BCUT2D eigenvalue weighted by Gasteiger charge is -2.33. The standard InChI is InChI=1S/C18H26N4OS/c1-20(2)11-8-12-21(3)18(24)22(4,5)16-13-14-9-6-7-10-15(14)19-17(16)23/h6-7,9-10,13H,8,11-12H2,1-5H3/p+1. The van der Waals surface area contributed by atoms with Crippen LogP contribution in [0.15, 0.2) is 35.1 Å². The van der Waals surface area contributed by atoms with E-state index in [2.05, 4.69) is 28.9 Å². The van der Waals surface area contributed by atoms with Crippen molar-refractivity contribution < 1.29 is 0 Å². The fourth-order valence-corrected chi connectivity index (χ4v) is 2.99. The maximum absolute atomic E-state index is 12.6. The van der Waals surface area contributed by atoms with E-state index < -0.39 is 0 Å². The molecule has 0 atom stereocenters. The fraction of sp³-hybridized carbons (Fsp3) is 0.444. The van der Waals surface area contributed by atoms with E-state index in [1.54, 1.807) is 0 Å². The van der Waals surface area contributed by atoms with Gasteiger partial charge in [0.15, 0.2) is 0 Å². The van der Waals surface area contributed by atoms with Crippen LogP contribution in [0.4, 0.5) is 5.69 Å². The molecule has 0 bridgehead atoms. The minimum atomic E-state index is -0.0947. The molecule has 0 saturated carbocycles. The molecule has 1 aromatic heterocycles. The maximum atomic E-state index is 12.6. The lowest BCUT2D eigenvalue weighted by Crippen LogP contribution is -2.55. The van der Waals surface area contributed by atoms with Crippen molar-refractivity contribution in [3.8, 4) is 0 Å². The van der Waals surface area contributed by atoms with Gasteiger partial charge in [-0.25, -0.2) is 4.48 Å². The number of thiocarbonyl (C=S) groups is 1. The number of para-hydroxylation sites is 1. The first-order valence-electron chi connectivity index (χ1n) is 8.10. The summed E-state index contributed by atoms with van der Waals surface area (Å²) in [5.41, 5.74) is 1.40. The number of H-pyrrole nitrogens is 1. The van der Waals surface area contributed by atoms with E-state index in [9.17, 15) is 4.79 Å². The lowest BCUT2D eigenvalue weighted by molar-refractivity contribution is 0.358. The Bertz CT molecular complexity index is 782. The Morgan fingerprint density at radius 2 is 1.83 bits per heavy atom. The summed E-state index contributed by atoms with van der Waals surface area (Å²) in [6.45, 7) is 1.88. The zero-order valence-electron chi connectivity index (χ0n) is 15.2. The number of hydrogen-bond acceptors (Lipinski definition) is 3. The Hall–Kier alpha value is -1.76. The summed E-state index contributed by atoms with van der Waals surface area (Å²) in [7, 11) is 10.0. The van der Waals surface area contributed by atoms with Crippen molar-refractivity contribution in [2.45, 2.75) is 6.42 Å². The number of nitrogens with one attached hydrogen (secondary N) is 1. The molecule has 1 aromatic carbocycles. The summed E-state index contributed by atoms with van der Waals surface area (Å²) in [5.74, 6) is 0. The summed E-state index contributed by atoms with van der Waals surface area (Å²) < 4.78 is 0.258. The first kappa shape index (κ1) is 18.6. The summed E-state index contributed by atoms with van der Waals surface area (Å²) in [6, 6.07) is 9.73. The number of nitrogens with zero attached hydrogens (tertiary/aromatic N) is 3. The molecule has 5 nitrogen and oxygen atoms in total. The van der Waals surface area contributed by atoms with Crippen LogP contribution in [0.5, 0.6) is 0 Å². The number of pyridine rings is 1. The van der Waals surface area contributed by atoms with E-state index in [0.29, 0.717) is 5.69 Å². The molecule has 0 aliphatic heterocycles. The Morgan fingerprint density at radius 3 is 2.50 bits per heavy atom. The van der Waals surface area contributed by atoms with Gasteiger partial charge in [0.1, 0.15) is 0 Å². The van der Waals surface area contributed by atoms with E-state index >= 15 is 0 Å². The number of aromatic amines is 1. The van der Waals surface area contributed by atoms with E-state index in [0.717, 1.165) is 35.5 Å². The summed E-state index contributed by atoms with van der Waals surface area (Å²) >= 11 is 5.69. The second-order valence-corrected chi connectivity index (χ2v) is 7.25. The van der Waals surface area contributed by atoms with Crippen LogP contribution in [-0.2, 0) is 0 Å². The van der Waals surface area contributed by atoms with E-state index in [1.807, 2.05) is 51.5 Å². The second-order valence-electron chi connectivity index (χ2n) is 6.89. The number of rotatable bonds is 5.